The molecule has 3 rings (SSSR count). The first-order valence-electron chi connectivity index (χ1n) is 7.86. The molecule has 1 heterocycles. The van der Waals surface area contributed by atoms with Crippen molar-refractivity contribution in [3.63, 3.8) is 0 Å². The van der Waals surface area contributed by atoms with Crippen LogP contribution >= 0.6 is 11.6 Å². The van der Waals surface area contributed by atoms with E-state index in [0.29, 0.717) is 12.1 Å². The van der Waals surface area contributed by atoms with E-state index in [0.717, 1.165) is 24.1 Å². The summed E-state index contributed by atoms with van der Waals surface area (Å²) in [5.74, 6) is -1.54. The monoisotopic (exact) mass is 362 g/mol. The van der Waals surface area contributed by atoms with Crippen LogP contribution in [0.3, 0.4) is 0 Å². The lowest BCUT2D eigenvalue weighted by Crippen LogP contribution is -2.18. The molecule has 4 nitrogen and oxygen atoms in total. The molecule has 1 aliphatic rings. The zero-order valence-electron chi connectivity index (χ0n) is 13.3. The van der Waals surface area contributed by atoms with Gasteiger partial charge in [0.25, 0.3) is 0 Å². The summed E-state index contributed by atoms with van der Waals surface area (Å²) in [7, 11) is 0. The number of allylic oxidation sites excluding steroid dienone is 3. The van der Waals surface area contributed by atoms with Crippen molar-refractivity contribution in [2.45, 2.75) is 25.2 Å². The number of nitrogens with zero attached hydrogens (tertiary/aromatic N) is 2. The smallest absolute Gasteiger partial charge is 0.222 e. The fraction of sp³-hybridized carbons (Fsp3) is 0.222. The Morgan fingerprint density at radius 1 is 1.24 bits per heavy atom. The van der Waals surface area contributed by atoms with Gasteiger partial charge in [-0.25, -0.2) is 18.7 Å². The van der Waals surface area contributed by atoms with Crippen LogP contribution < -0.4 is 11.5 Å². The predicted molar refractivity (Wildman–Crippen MR) is 93.4 cm³/mol. The number of halogens is 3. The topological polar surface area (TPSA) is 77.8 Å². The van der Waals surface area contributed by atoms with Crippen LogP contribution in [0.15, 0.2) is 47.8 Å². The summed E-state index contributed by atoms with van der Waals surface area (Å²) in [6, 6.07) is 5.40. The molecule has 1 unspecified atom stereocenters. The second kappa shape index (κ2) is 7.19. The average molecular weight is 363 g/mol. The maximum absolute atomic E-state index is 13.9. The maximum atomic E-state index is 13.9. The van der Waals surface area contributed by atoms with Gasteiger partial charge in [0.05, 0.1) is 11.3 Å². The van der Waals surface area contributed by atoms with E-state index in [2.05, 4.69) is 9.97 Å². The lowest BCUT2D eigenvalue weighted by molar-refractivity contribution is 0.576. The highest BCUT2D eigenvalue weighted by Crippen LogP contribution is 2.35. The molecule has 0 bridgehead atoms. The highest BCUT2D eigenvalue weighted by atomic mass is 35.5. The van der Waals surface area contributed by atoms with Gasteiger partial charge >= 0.3 is 0 Å². The van der Waals surface area contributed by atoms with Crippen molar-refractivity contribution in [1.29, 1.82) is 0 Å². The van der Waals surface area contributed by atoms with E-state index >= 15 is 0 Å². The molecule has 25 heavy (non-hydrogen) atoms. The largest absolute Gasteiger partial charge is 0.401 e. The first kappa shape index (κ1) is 17.4. The molecule has 4 N–H and O–H groups in total. The molecule has 0 amide bonds. The summed E-state index contributed by atoms with van der Waals surface area (Å²) >= 11 is 5.85. The third-order valence-corrected chi connectivity index (χ3v) is 4.45. The zero-order chi connectivity index (χ0) is 18.0. The maximum Gasteiger partial charge on any atom is 0.222 e. The summed E-state index contributed by atoms with van der Waals surface area (Å²) in [5, 5.41) is 0.154. The molecule has 2 aromatic rings. The number of aromatic nitrogens is 2. The van der Waals surface area contributed by atoms with Gasteiger partial charge in [0.1, 0.15) is 11.6 Å². The van der Waals surface area contributed by atoms with E-state index < -0.39 is 11.6 Å². The first-order chi connectivity index (χ1) is 12.0. The van der Waals surface area contributed by atoms with Crippen molar-refractivity contribution in [2.75, 3.05) is 0 Å². The van der Waals surface area contributed by atoms with Crippen LogP contribution in [0, 0.1) is 11.6 Å². The van der Waals surface area contributed by atoms with Crippen molar-refractivity contribution in [2.24, 2.45) is 11.5 Å². The summed E-state index contributed by atoms with van der Waals surface area (Å²) < 4.78 is 27.8. The van der Waals surface area contributed by atoms with Crippen LogP contribution in [0.25, 0.3) is 5.70 Å². The van der Waals surface area contributed by atoms with Crippen molar-refractivity contribution < 1.29 is 8.78 Å². The standard InChI is InChI=1S/C18H17ClF2N4/c19-18-24-8-7-15(25-18)11-4-1-3-10(17(11)23)9-14(22)16-12(20)5-2-6-13(16)21/h2,5-9,11H,1,3-4,22-23H2/b14-9-. The Labute approximate surface area is 149 Å². The zero-order valence-corrected chi connectivity index (χ0v) is 14.1. The molecule has 1 atom stereocenters. The minimum atomic E-state index is -0.706. The van der Waals surface area contributed by atoms with E-state index in [4.69, 9.17) is 23.1 Å². The Kier molecular flexibility index (Phi) is 4.99. The highest BCUT2D eigenvalue weighted by Gasteiger charge is 2.24. The number of benzene rings is 1. The number of hydrogen-bond donors (Lipinski definition) is 2. The lowest BCUT2D eigenvalue weighted by atomic mass is 9.84. The normalized spacial score (nSPS) is 18.5. The van der Waals surface area contributed by atoms with Gasteiger partial charge in [-0.2, -0.15) is 0 Å². The Hall–Kier alpha value is -2.47. The molecule has 7 heteroatoms. The van der Waals surface area contributed by atoms with Crippen LogP contribution in [-0.2, 0) is 0 Å². The molecule has 0 saturated carbocycles. The van der Waals surface area contributed by atoms with Gasteiger partial charge in [-0.15, -0.1) is 0 Å². The third-order valence-electron chi connectivity index (χ3n) is 4.27. The van der Waals surface area contributed by atoms with Gasteiger partial charge in [-0.05, 0) is 60.7 Å². The highest BCUT2D eigenvalue weighted by molar-refractivity contribution is 6.28. The molecule has 0 aliphatic heterocycles. The average Bonchev–Trinajstić information content (AvgIpc) is 2.56. The second-order valence-electron chi connectivity index (χ2n) is 5.87. The Morgan fingerprint density at radius 2 is 1.96 bits per heavy atom. The minimum absolute atomic E-state index is 0.00919. The summed E-state index contributed by atoms with van der Waals surface area (Å²) in [6.45, 7) is 0. The van der Waals surface area contributed by atoms with Gasteiger partial charge < -0.3 is 11.5 Å². The minimum Gasteiger partial charge on any atom is -0.401 e. The molecular weight excluding hydrogens is 346 g/mol. The fourth-order valence-corrected chi connectivity index (χ4v) is 3.21. The molecule has 1 aromatic heterocycles. The summed E-state index contributed by atoms with van der Waals surface area (Å²) in [4.78, 5) is 8.08. The van der Waals surface area contributed by atoms with Crippen molar-refractivity contribution in [1.82, 2.24) is 9.97 Å². The molecular formula is C18H17ClF2N4. The Bertz CT molecular complexity index is 844. The Balaban J connectivity index is 1.99. The van der Waals surface area contributed by atoms with Crippen LogP contribution in [0.2, 0.25) is 5.28 Å². The van der Waals surface area contributed by atoms with Crippen molar-refractivity contribution in [3.8, 4) is 0 Å². The summed E-state index contributed by atoms with van der Waals surface area (Å²) in [6.07, 6.45) is 5.46. The lowest BCUT2D eigenvalue weighted by Gasteiger charge is -2.25. The SMILES string of the molecule is NC1=C(/C=C(\N)c2c(F)cccc2F)CCCC1c1ccnc(Cl)n1. The van der Waals surface area contributed by atoms with E-state index in [1.807, 2.05) is 0 Å². The molecule has 0 fully saturated rings. The van der Waals surface area contributed by atoms with Gasteiger partial charge in [-0.1, -0.05) is 6.07 Å². The van der Waals surface area contributed by atoms with Gasteiger partial charge in [-0.3, -0.25) is 0 Å². The van der Waals surface area contributed by atoms with Crippen LogP contribution in [0.4, 0.5) is 8.78 Å². The predicted octanol–water partition coefficient (Wildman–Crippen LogP) is 3.89. The molecule has 1 aliphatic carbocycles. The third kappa shape index (κ3) is 3.64. The number of rotatable bonds is 3. The molecule has 0 spiro atoms. The van der Waals surface area contributed by atoms with E-state index in [1.54, 1.807) is 18.3 Å². The number of hydrogen-bond acceptors (Lipinski definition) is 4. The molecule has 0 saturated heterocycles. The molecule has 130 valence electrons. The van der Waals surface area contributed by atoms with Crippen LogP contribution in [-0.4, -0.2) is 9.97 Å². The quantitative estimate of drug-likeness (QED) is 0.812. The van der Waals surface area contributed by atoms with Crippen molar-refractivity contribution >= 4 is 17.3 Å². The van der Waals surface area contributed by atoms with Crippen LogP contribution in [0.1, 0.15) is 36.4 Å². The van der Waals surface area contributed by atoms with Gasteiger partial charge in [0.15, 0.2) is 0 Å². The first-order valence-corrected chi connectivity index (χ1v) is 8.23. The molecule has 0 radical (unpaired) electrons. The fourth-order valence-electron chi connectivity index (χ4n) is 3.06. The van der Waals surface area contributed by atoms with Gasteiger partial charge in [0, 0.05) is 23.5 Å². The van der Waals surface area contributed by atoms with Gasteiger partial charge in [0.2, 0.25) is 5.28 Å². The summed E-state index contributed by atoms with van der Waals surface area (Å²) in [5.41, 5.74) is 14.1. The second-order valence-corrected chi connectivity index (χ2v) is 6.21. The number of nitrogens with two attached hydrogens (primary N) is 2. The van der Waals surface area contributed by atoms with Crippen LogP contribution in [0.5, 0.6) is 0 Å². The van der Waals surface area contributed by atoms with E-state index in [-0.39, 0.29) is 22.5 Å². The Morgan fingerprint density at radius 3 is 2.64 bits per heavy atom. The van der Waals surface area contributed by atoms with E-state index in [1.165, 1.54) is 18.2 Å². The van der Waals surface area contributed by atoms with E-state index in [9.17, 15) is 8.78 Å². The van der Waals surface area contributed by atoms with Crippen molar-refractivity contribution in [3.05, 3.63) is 76.0 Å². The molecule has 1 aromatic carbocycles.